The van der Waals surface area contributed by atoms with Crippen molar-refractivity contribution in [3.8, 4) is 11.5 Å². The van der Waals surface area contributed by atoms with Crippen molar-refractivity contribution in [1.82, 2.24) is 5.43 Å². The minimum atomic E-state index is -3.17. The maximum Gasteiger partial charge on any atom is 0.387 e. The number of nitrogens with one attached hydrogen (secondary N) is 1. The largest absolute Gasteiger partial charge is 0.435 e. The number of fused-ring (bicyclic) bond motifs is 1. The van der Waals surface area contributed by atoms with Gasteiger partial charge in [-0.25, -0.2) is 5.43 Å². The number of carbonyl (C=O) groups is 1. The van der Waals surface area contributed by atoms with Crippen LogP contribution in [0, 0.1) is 0 Å². The van der Waals surface area contributed by atoms with Gasteiger partial charge in [-0.1, -0.05) is 18.2 Å². The standard InChI is InChI=1S/C20H19F4N3O3/c21-19(22)29-15-8-7-14(17(10-15)30-20(23)24)11-25-26-18(28)12-27-9-3-5-13-4-1-2-6-16(13)27/h1-2,4,6-8,10-11,19-20H,3,5,9,12H2,(H,26,28). The van der Waals surface area contributed by atoms with E-state index in [1.54, 1.807) is 0 Å². The zero-order valence-corrected chi connectivity index (χ0v) is 15.7. The monoisotopic (exact) mass is 425 g/mol. The van der Waals surface area contributed by atoms with E-state index in [4.69, 9.17) is 0 Å². The second-order valence-electron chi connectivity index (χ2n) is 6.40. The molecule has 0 saturated carbocycles. The van der Waals surface area contributed by atoms with Crippen molar-refractivity contribution >= 4 is 17.8 Å². The smallest absolute Gasteiger partial charge is 0.387 e. The normalized spacial score (nSPS) is 13.6. The van der Waals surface area contributed by atoms with Crippen molar-refractivity contribution in [2.75, 3.05) is 18.0 Å². The van der Waals surface area contributed by atoms with E-state index < -0.39 is 24.9 Å². The molecule has 0 saturated heterocycles. The molecule has 160 valence electrons. The number of hydrogen-bond donors (Lipinski definition) is 1. The molecule has 6 nitrogen and oxygen atoms in total. The van der Waals surface area contributed by atoms with Crippen LogP contribution in [0.15, 0.2) is 47.6 Å². The fourth-order valence-corrected chi connectivity index (χ4v) is 3.15. The van der Waals surface area contributed by atoms with E-state index in [0.717, 1.165) is 43.4 Å². The Bertz CT molecular complexity index is 909. The number of anilines is 1. The molecular formula is C20H19F4N3O3. The van der Waals surface area contributed by atoms with Gasteiger partial charge in [0.25, 0.3) is 5.91 Å². The number of carbonyl (C=O) groups excluding carboxylic acids is 1. The highest BCUT2D eigenvalue weighted by molar-refractivity contribution is 5.87. The number of para-hydroxylation sites is 1. The predicted octanol–water partition coefficient (Wildman–Crippen LogP) is 3.79. The van der Waals surface area contributed by atoms with Gasteiger partial charge in [0.05, 0.1) is 12.8 Å². The van der Waals surface area contributed by atoms with Crippen molar-refractivity contribution in [1.29, 1.82) is 0 Å². The van der Waals surface area contributed by atoms with Crippen LogP contribution in [0.2, 0.25) is 0 Å². The fraction of sp³-hybridized carbons (Fsp3) is 0.300. The van der Waals surface area contributed by atoms with Gasteiger partial charge in [0.15, 0.2) is 0 Å². The molecule has 30 heavy (non-hydrogen) atoms. The highest BCUT2D eigenvalue weighted by atomic mass is 19.3. The van der Waals surface area contributed by atoms with Crippen molar-refractivity contribution < 1.29 is 31.8 Å². The lowest BCUT2D eigenvalue weighted by Gasteiger charge is -2.30. The number of aryl methyl sites for hydroxylation is 1. The molecule has 0 fully saturated rings. The third-order valence-electron chi connectivity index (χ3n) is 4.36. The number of halogens is 4. The highest BCUT2D eigenvalue weighted by Crippen LogP contribution is 2.27. The van der Waals surface area contributed by atoms with Gasteiger partial charge in [0.2, 0.25) is 0 Å². The number of hydrogen-bond acceptors (Lipinski definition) is 5. The Balaban J connectivity index is 1.64. The van der Waals surface area contributed by atoms with Gasteiger partial charge in [-0.05, 0) is 36.6 Å². The van der Waals surface area contributed by atoms with Gasteiger partial charge < -0.3 is 14.4 Å². The summed E-state index contributed by atoms with van der Waals surface area (Å²) in [6.07, 6.45) is 2.96. The molecule has 3 rings (SSSR count). The molecule has 0 unspecified atom stereocenters. The summed E-state index contributed by atoms with van der Waals surface area (Å²) < 4.78 is 58.3. The van der Waals surface area contributed by atoms with Gasteiger partial charge >= 0.3 is 13.2 Å². The maximum atomic E-state index is 12.6. The molecule has 0 atom stereocenters. The molecule has 1 amide bonds. The molecule has 2 aromatic rings. The predicted molar refractivity (Wildman–Crippen MR) is 102 cm³/mol. The first-order valence-electron chi connectivity index (χ1n) is 9.11. The second-order valence-corrected chi connectivity index (χ2v) is 6.40. The average Bonchev–Trinajstić information content (AvgIpc) is 2.69. The Labute approximate surface area is 170 Å². The first-order chi connectivity index (χ1) is 14.4. The third kappa shape index (κ3) is 5.85. The van der Waals surface area contributed by atoms with Crippen LogP contribution in [-0.2, 0) is 11.2 Å². The summed E-state index contributed by atoms with van der Waals surface area (Å²) in [5, 5.41) is 3.76. The van der Waals surface area contributed by atoms with Crippen LogP contribution in [0.3, 0.4) is 0 Å². The number of hydrazone groups is 1. The topological polar surface area (TPSA) is 63.2 Å². The van der Waals surface area contributed by atoms with E-state index >= 15 is 0 Å². The third-order valence-corrected chi connectivity index (χ3v) is 4.36. The number of alkyl halides is 4. The summed E-state index contributed by atoms with van der Waals surface area (Å²) >= 11 is 0. The van der Waals surface area contributed by atoms with Crippen molar-refractivity contribution in [2.24, 2.45) is 5.10 Å². The van der Waals surface area contributed by atoms with Crippen molar-refractivity contribution in [3.05, 3.63) is 53.6 Å². The number of rotatable bonds is 8. The number of ether oxygens (including phenoxy) is 2. The highest BCUT2D eigenvalue weighted by Gasteiger charge is 2.18. The Morgan fingerprint density at radius 3 is 2.67 bits per heavy atom. The van der Waals surface area contributed by atoms with E-state index in [0.29, 0.717) is 0 Å². The van der Waals surface area contributed by atoms with Crippen molar-refractivity contribution in [2.45, 2.75) is 26.1 Å². The minimum Gasteiger partial charge on any atom is -0.435 e. The zero-order chi connectivity index (χ0) is 21.5. The number of amides is 1. The molecule has 2 aromatic carbocycles. The van der Waals surface area contributed by atoms with Crippen LogP contribution in [0.25, 0.3) is 0 Å². The van der Waals surface area contributed by atoms with E-state index in [-0.39, 0.29) is 17.9 Å². The summed E-state index contributed by atoms with van der Waals surface area (Å²) in [4.78, 5) is 14.2. The SMILES string of the molecule is O=C(CN1CCCc2ccccc21)NN=Cc1ccc(OC(F)F)cc1OC(F)F. The summed E-state index contributed by atoms with van der Waals surface area (Å²) in [5.74, 6) is -1.14. The van der Waals surface area contributed by atoms with Crippen LogP contribution in [-0.4, -0.2) is 38.4 Å². The first kappa shape index (κ1) is 21.4. The lowest BCUT2D eigenvalue weighted by atomic mass is 10.0. The average molecular weight is 425 g/mol. The summed E-state index contributed by atoms with van der Waals surface area (Å²) in [6, 6.07) is 11.1. The second kappa shape index (κ2) is 9.95. The molecule has 1 aliphatic heterocycles. The fourth-order valence-electron chi connectivity index (χ4n) is 3.15. The molecule has 0 spiro atoms. The van der Waals surface area contributed by atoms with Crippen LogP contribution in [0.1, 0.15) is 17.5 Å². The lowest BCUT2D eigenvalue weighted by molar-refractivity contribution is -0.119. The molecule has 0 radical (unpaired) electrons. The molecular weight excluding hydrogens is 406 g/mol. The van der Waals surface area contributed by atoms with Gasteiger partial charge in [0, 0.05) is 23.9 Å². The minimum absolute atomic E-state index is 0.0561. The van der Waals surface area contributed by atoms with Gasteiger partial charge in [-0.3, -0.25) is 4.79 Å². The number of nitrogens with zero attached hydrogens (tertiary/aromatic N) is 2. The summed E-state index contributed by atoms with van der Waals surface area (Å²) in [7, 11) is 0. The van der Waals surface area contributed by atoms with Crippen LogP contribution >= 0.6 is 0 Å². The molecule has 0 aromatic heterocycles. The molecule has 10 heteroatoms. The van der Waals surface area contributed by atoms with E-state index in [1.807, 2.05) is 29.2 Å². The quantitative estimate of drug-likeness (QED) is 0.397. The van der Waals surface area contributed by atoms with Gasteiger partial charge in [-0.2, -0.15) is 22.7 Å². The maximum absolute atomic E-state index is 12.6. The van der Waals surface area contributed by atoms with E-state index in [9.17, 15) is 22.4 Å². The Morgan fingerprint density at radius 1 is 1.13 bits per heavy atom. The van der Waals surface area contributed by atoms with Gasteiger partial charge in [-0.15, -0.1) is 0 Å². The lowest BCUT2D eigenvalue weighted by Crippen LogP contribution is -2.38. The molecule has 1 N–H and O–H groups in total. The summed E-state index contributed by atoms with van der Waals surface area (Å²) in [6.45, 7) is -5.47. The molecule has 1 heterocycles. The zero-order valence-electron chi connectivity index (χ0n) is 15.7. The van der Waals surface area contributed by atoms with Crippen LogP contribution in [0.5, 0.6) is 11.5 Å². The van der Waals surface area contributed by atoms with Gasteiger partial charge in [0.1, 0.15) is 11.5 Å². The molecule has 0 aliphatic carbocycles. The summed E-state index contributed by atoms with van der Waals surface area (Å²) in [5.41, 5.74) is 4.54. The molecule has 0 bridgehead atoms. The van der Waals surface area contributed by atoms with Crippen LogP contribution in [0.4, 0.5) is 23.2 Å². The Hall–Kier alpha value is -3.30. The Morgan fingerprint density at radius 2 is 1.90 bits per heavy atom. The van der Waals surface area contributed by atoms with Crippen molar-refractivity contribution in [3.63, 3.8) is 0 Å². The van der Waals surface area contributed by atoms with E-state index in [1.165, 1.54) is 11.6 Å². The van der Waals surface area contributed by atoms with Crippen LogP contribution < -0.4 is 19.8 Å². The molecule has 1 aliphatic rings. The van der Waals surface area contributed by atoms with E-state index in [2.05, 4.69) is 20.0 Å². The number of benzene rings is 2. The first-order valence-corrected chi connectivity index (χ1v) is 9.11. The Kier molecular flexibility index (Phi) is 7.10.